The van der Waals surface area contributed by atoms with E-state index in [9.17, 15) is 5.11 Å². The monoisotopic (exact) mass is 369 g/mol. The largest absolute Gasteiger partial charge is 0.507 e. The lowest BCUT2D eigenvalue weighted by molar-refractivity contribution is 0.414. The maximum absolute atomic E-state index is 10.3. The normalized spacial score (nSPS) is 11.0. The van der Waals surface area contributed by atoms with Gasteiger partial charge >= 0.3 is 0 Å². The molecule has 0 bridgehead atoms. The van der Waals surface area contributed by atoms with Gasteiger partial charge in [-0.25, -0.2) is 9.67 Å². The number of para-hydroxylation sites is 2. The minimum Gasteiger partial charge on any atom is -0.507 e. The third kappa shape index (κ3) is 3.64. The van der Waals surface area contributed by atoms with Gasteiger partial charge < -0.3 is 9.84 Å². The summed E-state index contributed by atoms with van der Waals surface area (Å²) in [5, 5.41) is 14.9. The zero-order valence-corrected chi connectivity index (χ0v) is 15.4. The molecule has 0 amide bonds. The molecule has 0 radical (unpaired) electrons. The zero-order chi connectivity index (χ0) is 19.3. The summed E-state index contributed by atoms with van der Waals surface area (Å²) in [6.45, 7) is 0. The first-order valence-corrected chi connectivity index (χ1v) is 8.87. The summed E-state index contributed by atoms with van der Waals surface area (Å²) < 4.78 is 7.00. The number of phenolic OH excluding ortho intramolecular Hbond substituents is 1. The predicted molar refractivity (Wildman–Crippen MR) is 110 cm³/mol. The highest BCUT2D eigenvalue weighted by Crippen LogP contribution is 2.29. The zero-order valence-electron chi connectivity index (χ0n) is 15.4. The highest BCUT2D eigenvalue weighted by Gasteiger charge is 2.15. The van der Waals surface area contributed by atoms with Crippen molar-refractivity contribution in [2.45, 2.75) is 0 Å². The van der Waals surface area contributed by atoms with Crippen LogP contribution in [-0.4, -0.2) is 27.0 Å². The van der Waals surface area contributed by atoms with Crippen molar-refractivity contribution in [3.63, 3.8) is 0 Å². The van der Waals surface area contributed by atoms with Crippen LogP contribution in [0.15, 0.2) is 78.9 Å². The third-order valence-corrected chi connectivity index (χ3v) is 4.29. The smallest absolute Gasteiger partial charge is 0.175 e. The van der Waals surface area contributed by atoms with E-state index < -0.39 is 0 Å². The third-order valence-electron chi connectivity index (χ3n) is 4.29. The van der Waals surface area contributed by atoms with E-state index in [1.807, 2.05) is 78.9 Å². The number of ether oxygens (including phenoxy) is 1. The van der Waals surface area contributed by atoms with Crippen LogP contribution in [-0.2, 0) is 0 Å². The first kappa shape index (κ1) is 17.5. The van der Waals surface area contributed by atoms with Gasteiger partial charge in [-0.2, -0.15) is 0 Å². The number of aromatic nitrogens is 3. The molecule has 5 nitrogen and oxygen atoms in total. The van der Waals surface area contributed by atoms with Gasteiger partial charge in [0.05, 0.1) is 18.4 Å². The van der Waals surface area contributed by atoms with Crippen LogP contribution >= 0.6 is 0 Å². The van der Waals surface area contributed by atoms with Crippen LogP contribution in [0.2, 0.25) is 0 Å². The number of rotatable bonds is 5. The topological polar surface area (TPSA) is 60.2 Å². The molecule has 0 atom stereocenters. The Morgan fingerprint density at radius 1 is 0.893 bits per heavy atom. The van der Waals surface area contributed by atoms with Crippen molar-refractivity contribution in [2.75, 3.05) is 7.11 Å². The van der Waals surface area contributed by atoms with Crippen LogP contribution in [0.1, 0.15) is 11.4 Å². The second kappa shape index (κ2) is 7.80. The molecule has 4 rings (SSSR count). The molecule has 0 saturated heterocycles. The van der Waals surface area contributed by atoms with Crippen LogP contribution in [0.3, 0.4) is 0 Å². The number of hydrogen-bond acceptors (Lipinski definition) is 4. The molecule has 0 unspecified atom stereocenters. The molecule has 4 aromatic rings. The van der Waals surface area contributed by atoms with E-state index in [4.69, 9.17) is 4.74 Å². The van der Waals surface area contributed by atoms with E-state index in [-0.39, 0.29) is 5.75 Å². The molecule has 1 N–H and O–H groups in total. The Morgan fingerprint density at radius 2 is 1.68 bits per heavy atom. The minimum atomic E-state index is 0.162. The highest BCUT2D eigenvalue weighted by atomic mass is 16.5. The van der Waals surface area contributed by atoms with E-state index in [1.54, 1.807) is 23.9 Å². The molecule has 3 aromatic carbocycles. The Morgan fingerprint density at radius 3 is 2.46 bits per heavy atom. The number of phenols is 1. The molecule has 1 aromatic heterocycles. The summed E-state index contributed by atoms with van der Waals surface area (Å²) in [4.78, 5) is 4.65. The van der Waals surface area contributed by atoms with Crippen LogP contribution < -0.4 is 4.74 Å². The van der Waals surface area contributed by atoms with Gasteiger partial charge in [0.2, 0.25) is 0 Å². The van der Waals surface area contributed by atoms with Gasteiger partial charge in [0, 0.05) is 0 Å². The summed E-state index contributed by atoms with van der Waals surface area (Å²) >= 11 is 0. The van der Waals surface area contributed by atoms with Gasteiger partial charge in [-0.3, -0.25) is 0 Å². The van der Waals surface area contributed by atoms with Gasteiger partial charge in [-0.1, -0.05) is 48.5 Å². The van der Waals surface area contributed by atoms with Crippen molar-refractivity contribution in [3.05, 3.63) is 90.3 Å². The molecular weight excluding hydrogens is 350 g/mol. The van der Waals surface area contributed by atoms with Crippen molar-refractivity contribution in [2.24, 2.45) is 0 Å². The minimum absolute atomic E-state index is 0.162. The summed E-state index contributed by atoms with van der Waals surface area (Å²) in [7, 11) is 1.64. The van der Waals surface area contributed by atoms with E-state index >= 15 is 0 Å². The van der Waals surface area contributed by atoms with Gasteiger partial charge in [0.25, 0.3) is 0 Å². The summed E-state index contributed by atoms with van der Waals surface area (Å²) in [6, 6.07) is 24.6. The number of nitrogens with zero attached hydrogens (tertiary/aromatic N) is 3. The first-order valence-electron chi connectivity index (χ1n) is 8.87. The molecule has 0 spiro atoms. The summed E-state index contributed by atoms with van der Waals surface area (Å²) in [5.41, 5.74) is 2.48. The molecule has 28 heavy (non-hydrogen) atoms. The molecule has 0 aliphatic rings. The molecule has 138 valence electrons. The van der Waals surface area contributed by atoms with E-state index in [0.717, 1.165) is 17.0 Å². The summed E-state index contributed by atoms with van der Waals surface area (Å²) in [5.74, 6) is 2.08. The first-order chi connectivity index (χ1) is 13.7. The molecule has 0 aliphatic heterocycles. The van der Waals surface area contributed by atoms with Crippen molar-refractivity contribution in [3.8, 4) is 28.6 Å². The molecule has 0 fully saturated rings. The van der Waals surface area contributed by atoms with Crippen LogP contribution in [0, 0.1) is 0 Å². The van der Waals surface area contributed by atoms with Gasteiger partial charge in [0.1, 0.15) is 11.5 Å². The van der Waals surface area contributed by atoms with E-state index in [2.05, 4.69) is 10.1 Å². The van der Waals surface area contributed by atoms with Crippen LogP contribution in [0.5, 0.6) is 11.5 Å². The quantitative estimate of drug-likeness (QED) is 0.548. The predicted octanol–water partition coefficient (Wildman–Crippen LogP) is 4.82. The van der Waals surface area contributed by atoms with Crippen LogP contribution in [0.4, 0.5) is 0 Å². The Labute approximate surface area is 163 Å². The van der Waals surface area contributed by atoms with E-state index in [1.165, 1.54) is 0 Å². The second-order valence-corrected chi connectivity index (χ2v) is 6.17. The number of benzene rings is 3. The van der Waals surface area contributed by atoms with Crippen LogP contribution in [0.25, 0.3) is 29.2 Å². The maximum Gasteiger partial charge on any atom is 0.175 e. The van der Waals surface area contributed by atoms with Crippen molar-refractivity contribution < 1.29 is 9.84 Å². The van der Waals surface area contributed by atoms with E-state index in [0.29, 0.717) is 17.2 Å². The summed E-state index contributed by atoms with van der Waals surface area (Å²) in [6.07, 6.45) is 3.78. The fourth-order valence-electron chi connectivity index (χ4n) is 2.90. The standard InChI is InChI=1S/C23H19N3O2/c1-28-19-11-7-8-17(16-19)14-15-22-24-23(20-12-5-6-13-21(20)27)26(25-22)18-9-3-2-4-10-18/h2-16,27H,1H3. The molecule has 5 heteroatoms. The average molecular weight is 369 g/mol. The van der Waals surface area contributed by atoms with Crippen molar-refractivity contribution >= 4 is 12.2 Å². The highest BCUT2D eigenvalue weighted by molar-refractivity contribution is 5.70. The Balaban J connectivity index is 1.77. The Hall–Kier alpha value is -3.86. The molecule has 1 heterocycles. The maximum atomic E-state index is 10.3. The second-order valence-electron chi connectivity index (χ2n) is 6.17. The average Bonchev–Trinajstić information content (AvgIpc) is 3.17. The fourth-order valence-corrected chi connectivity index (χ4v) is 2.90. The molecule has 0 aliphatic carbocycles. The number of hydrogen-bond donors (Lipinski definition) is 1. The molecular formula is C23H19N3O2. The van der Waals surface area contributed by atoms with Crippen molar-refractivity contribution in [1.82, 2.24) is 14.8 Å². The number of aromatic hydroxyl groups is 1. The van der Waals surface area contributed by atoms with Gasteiger partial charge in [-0.15, -0.1) is 5.10 Å². The number of methoxy groups -OCH3 is 1. The molecule has 0 saturated carbocycles. The van der Waals surface area contributed by atoms with Gasteiger partial charge in [-0.05, 0) is 48.0 Å². The lowest BCUT2D eigenvalue weighted by Gasteiger charge is -2.06. The van der Waals surface area contributed by atoms with Gasteiger partial charge in [0.15, 0.2) is 11.6 Å². The van der Waals surface area contributed by atoms with Crippen molar-refractivity contribution in [1.29, 1.82) is 0 Å². The lowest BCUT2D eigenvalue weighted by atomic mass is 10.2. The lowest BCUT2D eigenvalue weighted by Crippen LogP contribution is -1.99. The Bertz CT molecular complexity index is 1120. The SMILES string of the molecule is COc1cccc(C=Cc2nc(-c3ccccc3O)n(-c3ccccc3)n2)c1. The fraction of sp³-hybridized carbons (Fsp3) is 0.0435. The Kier molecular flexibility index (Phi) is 4.89.